The fraction of sp³-hybridized carbons (Fsp3) is 0.211. The predicted octanol–water partition coefficient (Wildman–Crippen LogP) is 5.53. The van der Waals surface area contributed by atoms with Crippen LogP contribution in [0.5, 0.6) is 0 Å². The highest BCUT2D eigenvalue weighted by Gasteiger charge is 2.32. The molecule has 0 radical (unpaired) electrons. The standard InChI is InChI=1S/C19H18F3N3/c1-13-7-5-6-10-16(13)25-17-11-14(19(20,21)22)12-23-18(17)24-15-8-3-2-4-9-15/h2-9,11-12,16,25H,10H2,1H3,(H,23,24). The molecule has 3 rings (SSSR count). The number of allylic oxidation sites excluding steroid dienone is 2. The minimum Gasteiger partial charge on any atom is -0.375 e. The Balaban J connectivity index is 1.93. The summed E-state index contributed by atoms with van der Waals surface area (Å²) < 4.78 is 39.2. The van der Waals surface area contributed by atoms with Crippen LogP contribution < -0.4 is 10.6 Å². The Bertz CT molecular complexity index is 795. The third-order valence-electron chi connectivity index (χ3n) is 4.00. The van der Waals surface area contributed by atoms with Gasteiger partial charge in [0.15, 0.2) is 5.82 Å². The number of nitrogens with one attached hydrogen (secondary N) is 2. The van der Waals surface area contributed by atoms with Gasteiger partial charge in [0.2, 0.25) is 0 Å². The summed E-state index contributed by atoms with van der Waals surface area (Å²) in [5.41, 5.74) is 1.37. The second kappa shape index (κ2) is 7.01. The molecule has 2 aromatic rings. The molecular formula is C19H18F3N3. The molecule has 0 spiro atoms. The second-order valence-corrected chi connectivity index (χ2v) is 5.88. The third kappa shape index (κ3) is 4.21. The molecule has 1 aliphatic carbocycles. The van der Waals surface area contributed by atoms with E-state index in [4.69, 9.17) is 0 Å². The maximum Gasteiger partial charge on any atom is 0.417 e. The molecule has 0 aliphatic heterocycles. The number of hydrogen-bond acceptors (Lipinski definition) is 3. The van der Waals surface area contributed by atoms with Gasteiger partial charge < -0.3 is 10.6 Å². The Morgan fingerprint density at radius 1 is 1.16 bits per heavy atom. The van der Waals surface area contributed by atoms with Crippen molar-refractivity contribution in [1.82, 2.24) is 4.98 Å². The van der Waals surface area contributed by atoms with E-state index in [0.717, 1.165) is 23.5 Å². The number of anilines is 3. The average molecular weight is 345 g/mol. The van der Waals surface area contributed by atoms with Crippen molar-refractivity contribution in [3.8, 4) is 0 Å². The zero-order valence-electron chi connectivity index (χ0n) is 13.6. The molecule has 1 aromatic heterocycles. The predicted molar refractivity (Wildman–Crippen MR) is 93.9 cm³/mol. The molecule has 0 fully saturated rings. The number of alkyl halides is 3. The van der Waals surface area contributed by atoms with Gasteiger partial charge in [-0.1, -0.05) is 42.0 Å². The normalized spacial score (nSPS) is 17.1. The van der Waals surface area contributed by atoms with Crippen molar-refractivity contribution in [1.29, 1.82) is 0 Å². The first-order valence-electron chi connectivity index (χ1n) is 7.92. The molecule has 6 heteroatoms. The molecule has 0 bridgehead atoms. The fourth-order valence-electron chi connectivity index (χ4n) is 2.58. The minimum absolute atomic E-state index is 0.0633. The summed E-state index contributed by atoms with van der Waals surface area (Å²) in [6.07, 6.45) is 3.00. The fourth-order valence-corrected chi connectivity index (χ4v) is 2.58. The van der Waals surface area contributed by atoms with Gasteiger partial charge in [-0.3, -0.25) is 0 Å². The van der Waals surface area contributed by atoms with E-state index in [1.54, 1.807) is 0 Å². The van der Waals surface area contributed by atoms with Crippen LogP contribution in [0.3, 0.4) is 0 Å². The lowest BCUT2D eigenvalue weighted by molar-refractivity contribution is -0.137. The van der Waals surface area contributed by atoms with Gasteiger partial charge in [0.05, 0.1) is 17.3 Å². The first kappa shape index (κ1) is 17.1. The van der Waals surface area contributed by atoms with Gasteiger partial charge >= 0.3 is 6.18 Å². The molecule has 1 aliphatic rings. The van der Waals surface area contributed by atoms with Gasteiger partial charge in [-0.2, -0.15) is 13.2 Å². The Kier molecular flexibility index (Phi) is 4.79. The summed E-state index contributed by atoms with van der Waals surface area (Å²) in [6, 6.07) is 10.3. The van der Waals surface area contributed by atoms with Crippen LogP contribution >= 0.6 is 0 Å². The van der Waals surface area contributed by atoms with Crippen molar-refractivity contribution in [3.63, 3.8) is 0 Å². The van der Waals surface area contributed by atoms with Gasteiger partial charge in [0.1, 0.15) is 0 Å². The third-order valence-corrected chi connectivity index (χ3v) is 4.00. The van der Waals surface area contributed by atoms with Crippen molar-refractivity contribution in [3.05, 3.63) is 72.0 Å². The molecule has 1 atom stereocenters. The minimum atomic E-state index is -4.44. The first-order valence-corrected chi connectivity index (χ1v) is 7.92. The lowest BCUT2D eigenvalue weighted by Crippen LogP contribution is -2.22. The highest BCUT2D eigenvalue weighted by atomic mass is 19.4. The lowest BCUT2D eigenvalue weighted by Gasteiger charge is -2.24. The smallest absolute Gasteiger partial charge is 0.375 e. The Hall–Kier alpha value is -2.76. The number of para-hydroxylation sites is 1. The Morgan fingerprint density at radius 3 is 2.60 bits per heavy atom. The van der Waals surface area contributed by atoms with Crippen molar-refractivity contribution < 1.29 is 13.2 Å². The van der Waals surface area contributed by atoms with E-state index >= 15 is 0 Å². The first-order chi connectivity index (χ1) is 11.9. The van der Waals surface area contributed by atoms with Gasteiger partial charge in [-0.05, 0) is 31.5 Å². The van der Waals surface area contributed by atoms with Crippen LogP contribution in [0.25, 0.3) is 0 Å². The molecule has 0 amide bonds. The molecule has 0 saturated carbocycles. The molecule has 130 valence electrons. The molecule has 2 N–H and O–H groups in total. The topological polar surface area (TPSA) is 37.0 Å². The van der Waals surface area contributed by atoms with Crippen molar-refractivity contribution in [2.75, 3.05) is 10.6 Å². The summed E-state index contributed by atoms with van der Waals surface area (Å²) in [4.78, 5) is 4.00. The number of halogens is 3. The summed E-state index contributed by atoms with van der Waals surface area (Å²) in [5, 5.41) is 6.26. The maximum atomic E-state index is 13.1. The van der Waals surface area contributed by atoms with Crippen LogP contribution in [-0.2, 0) is 6.18 Å². The van der Waals surface area contributed by atoms with Gasteiger partial charge in [-0.15, -0.1) is 0 Å². The van der Waals surface area contributed by atoms with Crippen molar-refractivity contribution >= 4 is 17.2 Å². The maximum absolute atomic E-state index is 13.1. The van der Waals surface area contributed by atoms with Crippen LogP contribution in [0.4, 0.5) is 30.4 Å². The van der Waals surface area contributed by atoms with Gasteiger partial charge in [-0.25, -0.2) is 4.98 Å². The summed E-state index contributed by atoms with van der Waals surface area (Å²) >= 11 is 0. The molecule has 3 nitrogen and oxygen atoms in total. The average Bonchev–Trinajstić information content (AvgIpc) is 2.58. The van der Waals surface area contributed by atoms with E-state index in [9.17, 15) is 13.2 Å². The molecule has 0 saturated heterocycles. The second-order valence-electron chi connectivity index (χ2n) is 5.88. The van der Waals surface area contributed by atoms with E-state index in [0.29, 0.717) is 17.9 Å². The van der Waals surface area contributed by atoms with Crippen LogP contribution in [0.1, 0.15) is 18.9 Å². The number of rotatable bonds is 4. The van der Waals surface area contributed by atoms with Crippen molar-refractivity contribution in [2.24, 2.45) is 0 Å². The molecule has 1 aromatic carbocycles. The molecule has 25 heavy (non-hydrogen) atoms. The number of aromatic nitrogens is 1. The summed E-state index contributed by atoms with van der Waals surface area (Å²) in [6.45, 7) is 1.95. The zero-order chi connectivity index (χ0) is 17.9. The number of pyridine rings is 1. The monoisotopic (exact) mass is 345 g/mol. The van der Waals surface area contributed by atoms with E-state index < -0.39 is 11.7 Å². The van der Waals surface area contributed by atoms with Crippen LogP contribution in [0.2, 0.25) is 0 Å². The largest absolute Gasteiger partial charge is 0.417 e. The molecule has 1 heterocycles. The lowest BCUT2D eigenvalue weighted by atomic mass is 10.00. The highest BCUT2D eigenvalue weighted by molar-refractivity contribution is 5.72. The van der Waals surface area contributed by atoms with Crippen LogP contribution in [0, 0.1) is 0 Å². The van der Waals surface area contributed by atoms with Crippen molar-refractivity contribution in [2.45, 2.75) is 25.6 Å². The van der Waals surface area contributed by atoms with E-state index in [-0.39, 0.29) is 6.04 Å². The SMILES string of the molecule is CC1=CC=CCC1Nc1cc(C(F)(F)F)cnc1Nc1ccccc1. The van der Waals surface area contributed by atoms with E-state index in [1.807, 2.05) is 55.5 Å². The Morgan fingerprint density at radius 2 is 1.92 bits per heavy atom. The van der Waals surface area contributed by atoms with Crippen LogP contribution in [-0.4, -0.2) is 11.0 Å². The highest BCUT2D eigenvalue weighted by Crippen LogP contribution is 2.34. The van der Waals surface area contributed by atoms with Gasteiger partial charge in [0, 0.05) is 11.9 Å². The summed E-state index contributed by atoms with van der Waals surface area (Å²) in [7, 11) is 0. The Labute approximate surface area is 144 Å². The van der Waals surface area contributed by atoms with E-state index in [1.165, 1.54) is 0 Å². The zero-order valence-corrected chi connectivity index (χ0v) is 13.6. The quantitative estimate of drug-likeness (QED) is 0.765. The molecular weight excluding hydrogens is 327 g/mol. The van der Waals surface area contributed by atoms with Gasteiger partial charge in [0.25, 0.3) is 0 Å². The molecule has 1 unspecified atom stereocenters. The van der Waals surface area contributed by atoms with Crippen LogP contribution in [0.15, 0.2) is 66.4 Å². The van der Waals surface area contributed by atoms with E-state index in [2.05, 4.69) is 15.6 Å². The number of hydrogen-bond donors (Lipinski definition) is 2. The number of benzene rings is 1. The number of nitrogens with zero attached hydrogens (tertiary/aromatic N) is 1. The summed E-state index contributed by atoms with van der Waals surface area (Å²) in [5.74, 6) is 0.363.